The highest BCUT2D eigenvalue weighted by Crippen LogP contribution is 2.70. The van der Waals surface area contributed by atoms with Gasteiger partial charge < -0.3 is 52.4 Å². The van der Waals surface area contributed by atoms with Gasteiger partial charge in [-0.1, -0.05) is 86.0 Å². The number of aryl methyl sites for hydroxylation is 3. The van der Waals surface area contributed by atoms with Crippen molar-refractivity contribution in [2.75, 3.05) is 46.4 Å². The van der Waals surface area contributed by atoms with E-state index in [1.54, 1.807) is 12.1 Å². The van der Waals surface area contributed by atoms with Crippen LogP contribution in [-0.4, -0.2) is 104 Å². The fourth-order valence-corrected chi connectivity index (χ4v) is 18.5. The van der Waals surface area contributed by atoms with Gasteiger partial charge in [-0.2, -0.15) is 0 Å². The van der Waals surface area contributed by atoms with Crippen LogP contribution < -0.4 is 37.1 Å². The number of dihydropyridines is 1. The summed E-state index contributed by atoms with van der Waals surface area (Å²) >= 11 is 0. The summed E-state index contributed by atoms with van der Waals surface area (Å²) < 4.78 is 5.61. The topological polar surface area (TPSA) is 190 Å². The lowest BCUT2D eigenvalue weighted by molar-refractivity contribution is -0.126. The molecule has 84 heavy (non-hydrogen) atoms. The number of phenolic OH excluding ortho intramolecular Hbond substituents is 1. The van der Waals surface area contributed by atoms with Crippen molar-refractivity contribution in [3.63, 3.8) is 0 Å². The number of carbonyl (C=O) groups excluding carboxylic acids is 2. The van der Waals surface area contributed by atoms with Gasteiger partial charge in [-0.05, 0) is 257 Å². The molecular weight excluding hydrogens is 1040 g/mol. The van der Waals surface area contributed by atoms with E-state index in [2.05, 4.69) is 99.4 Å². The van der Waals surface area contributed by atoms with E-state index < -0.39 is 12.7 Å². The predicted octanol–water partition coefficient (Wildman–Crippen LogP) is 9.99. The summed E-state index contributed by atoms with van der Waals surface area (Å²) in [5.74, 6) is 3.59. The maximum absolute atomic E-state index is 14.6. The van der Waals surface area contributed by atoms with Gasteiger partial charge in [0.1, 0.15) is 5.78 Å². The Labute approximate surface area is 501 Å². The molecule has 11 rings (SSSR count). The summed E-state index contributed by atoms with van der Waals surface area (Å²) in [4.78, 5) is 28.9. The van der Waals surface area contributed by atoms with Crippen LogP contribution in [0.3, 0.4) is 0 Å². The standard InChI is InChI=1S/C72H100N6O6/c1-47(80)42-77-68-41-71(40-64-62-25-28-74-44-57(62)31-54-15-10-27-75-70(54)64)38-51(21-23-67(71)72(68)26-24-52(39-72)43-76-59-16-7-4-8-17-59)30-60(81)36-61(82)33-58(46-79)63-37-66(84-2)65(83)34-55(63)32-56-45-78-69(73)35-53(56)22-20-50-14-9-13-49(29-50)19-18-48-11-5-3-6-12-48/h3,5-6,9-15,29,33-35,37,45,47,51-52,54,57,59,62,64,67-70,74-80,83H,4,7-8,16-28,30-32,36,38-44,46,73H2,1-2H3/b58-33+/t47-,51+,52+,54-,57-,62+,64+,67+,68+,69?,70+,71-,72+/m0/s1. The molecule has 3 aromatic carbocycles. The number of nitrogens with two attached hydrogens (primary N) is 1. The third-order valence-corrected chi connectivity index (χ3v) is 22.1. The number of Topliss-reactive ketones (excluding diaryl/α,β-unsaturated/α-hetero) is 1. The number of aliphatic hydroxyl groups is 2. The van der Waals surface area contributed by atoms with Crippen LogP contribution in [0, 0.1) is 52.3 Å². The number of aromatic hydroxyl groups is 1. The van der Waals surface area contributed by atoms with Crippen LogP contribution >= 0.6 is 0 Å². The first-order valence-corrected chi connectivity index (χ1v) is 32.9. The fraction of sp³-hybridized carbons (Fsp3) is 0.611. The number of ketones is 2. The maximum atomic E-state index is 14.6. The van der Waals surface area contributed by atoms with Gasteiger partial charge in [0.2, 0.25) is 0 Å². The molecule has 1 saturated heterocycles. The minimum atomic E-state index is -0.437. The number of aliphatic hydroxyl groups excluding tert-OH is 2. The zero-order chi connectivity index (χ0) is 58.2. The second-order valence-corrected chi connectivity index (χ2v) is 27.6. The van der Waals surface area contributed by atoms with Crippen LogP contribution in [0.4, 0.5) is 0 Å². The van der Waals surface area contributed by atoms with Gasteiger partial charge in [0.15, 0.2) is 17.3 Å². The largest absolute Gasteiger partial charge is 0.504 e. The number of hydrogen-bond acceptors (Lipinski definition) is 12. The zero-order valence-electron chi connectivity index (χ0n) is 50.6. The molecule has 5 aliphatic carbocycles. The number of hydrogen-bond donors (Lipinski definition) is 9. The fourth-order valence-electron chi connectivity index (χ4n) is 18.5. The quantitative estimate of drug-likeness (QED) is 0.0235. The Balaban J connectivity index is 0.804. The van der Waals surface area contributed by atoms with E-state index in [0.717, 1.165) is 94.3 Å². The number of benzene rings is 3. The molecule has 12 nitrogen and oxygen atoms in total. The van der Waals surface area contributed by atoms with Gasteiger partial charge in [0.05, 0.1) is 32.4 Å². The summed E-state index contributed by atoms with van der Waals surface area (Å²) in [7, 11) is 1.49. The van der Waals surface area contributed by atoms with Crippen LogP contribution in [-0.2, 0) is 35.3 Å². The van der Waals surface area contributed by atoms with Crippen LogP contribution in [0.5, 0.6) is 11.5 Å². The van der Waals surface area contributed by atoms with Crippen molar-refractivity contribution in [1.82, 2.24) is 26.6 Å². The maximum Gasteiger partial charge on any atom is 0.163 e. The highest BCUT2D eigenvalue weighted by molar-refractivity contribution is 6.07. The van der Waals surface area contributed by atoms with Gasteiger partial charge in [-0.25, -0.2) is 0 Å². The predicted molar refractivity (Wildman–Crippen MR) is 336 cm³/mol. The molecule has 0 radical (unpaired) electrons. The van der Waals surface area contributed by atoms with Crippen LogP contribution in [0.15, 0.2) is 108 Å². The molecule has 0 bridgehead atoms. The first kappa shape index (κ1) is 60.8. The number of allylic oxidation sites excluding steroid dienone is 3. The Morgan fingerprint density at radius 3 is 2.48 bits per heavy atom. The molecule has 13 atom stereocenters. The molecule has 8 aliphatic rings. The molecule has 6 fully saturated rings. The molecule has 0 aromatic heterocycles. The van der Waals surface area contributed by atoms with Gasteiger partial charge in [-0.15, -0.1) is 0 Å². The summed E-state index contributed by atoms with van der Waals surface area (Å²) in [5.41, 5.74) is 14.3. The SMILES string of the molecule is COc1cc(/C(=C/C(=O)CC(=O)C[C@H]2CC[C@@H]3[C@](C[C@@H]4[C@@H]5CCNC[C@@H]5C[C@@H]5C=CCN[C@@H]45)(C2)C[C@@H](NC[C@H](C)O)[C@@]32CC[C@@H](CNC3CCCCC3)C2)CO)c(CC2=CNC(N)C=C2CCc2cccc(CCc3ccccc3)c2)cc1O. The number of nitrogens with one attached hydrogen (secondary N) is 5. The van der Waals surface area contributed by atoms with Crippen molar-refractivity contribution < 1.29 is 29.6 Å². The molecule has 10 N–H and O–H groups in total. The smallest absolute Gasteiger partial charge is 0.163 e. The van der Waals surface area contributed by atoms with Crippen molar-refractivity contribution in [1.29, 1.82) is 0 Å². The first-order chi connectivity index (χ1) is 40.9. The molecule has 3 aliphatic heterocycles. The number of piperidine rings is 1. The van der Waals surface area contributed by atoms with Gasteiger partial charge >= 0.3 is 0 Å². The molecule has 12 heteroatoms. The van der Waals surface area contributed by atoms with Gasteiger partial charge in [0.25, 0.3) is 0 Å². The Hall–Kier alpha value is -4.92. The molecular formula is C72H100N6O6. The van der Waals surface area contributed by atoms with Crippen molar-refractivity contribution >= 4 is 17.1 Å². The second kappa shape index (κ2) is 27.8. The van der Waals surface area contributed by atoms with Gasteiger partial charge in [0, 0.05) is 43.8 Å². The van der Waals surface area contributed by atoms with Gasteiger partial charge in [-0.3, -0.25) is 9.59 Å². The number of ether oxygens (including phenoxy) is 1. The van der Waals surface area contributed by atoms with Crippen molar-refractivity contribution in [3.05, 3.63) is 136 Å². The van der Waals surface area contributed by atoms with E-state index in [1.807, 2.05) is 13.1 Å². The van der Waals surface area contributed by atoms with E-state index in [9.17, 15) is 24.9 Å². The third-order valence-electron chi connectivity index (χ3n) is 22.1. The molecule has 1 spiro atoms. The minimum absolute atomic E-state index is 0.0372. The van der Waals surface area contributed by atoms with Crippen molar-refractivity contribution in [2.45, 2.75) is 179 Å². The lowest BCUT2D eigenvalue weighted by atomic mass is 9.52. The Kier molecular flexibility index (Phi) is 20.1. The van der Waals surface area contributed by atoms with Crippen LogP contribution in [0.25, 0.3) is 5.57 Å². The van der Waals surface area contributed by atoms with E-state index in [0.29, 0.717) is 84.2 Å². The first-order valence-electron chi connectivity index (χ1n) is 32.9. The van der Waals surface area contributed by atoms with E-state index >= 15 is 0 Å². The molecule has 5 saturated carbocycles. The Morgan fingerprint density at radius 2 is 1.68 bits per heavy atom. The molecule has 3 heterocycles. The highest BCUT2D eigenvalue weighted by Gasteiger charge is 2.65. The average Bonchev–Trinajstić information content (AvgIpc) is 1.64. The average molecular weight is 1150 g/mol. The van der Waals surface area contributed by atoms with Crippen molar-refractivity contribution in [3.8, 4) is 11.5 Å². The molecule has 0 amide bonds. The van der Waals surface area contributed by atoms with E-state index in [1.165, 1.54) is 101 Å². The minimum Gasteiger partial charge on any atom is -0.504 e. The second-order valence-electron chi connectivity index (χ2n) is 27.6. The summed E-state index contributed by atoms with van der Waals surface area (Å²) in [6, 6.07) is 24.2. The van der Waals surface area contributed by atoms with E-state index in [-0.39, 0.29) is 52.4 Å². The number of methoxy groups -OCH3 is 1. The van der Waals surface area contributed by atoms with Crippen LogP contribution in [0.2, 0.25) is 0 Å². The third kappa shape index (κ3) is 14.2. The number of carbonyl (C=O) groups is 2. The number of rotatable bonds is 24. The van der Waals surface area contributed by atoms with Crippen molar-refractivity contribution in [2.24, 2.45) is 58.0 Å². The zero-order valence-corrected chi connectivity index (χ0v) is 50.6. The number of fused-ring (bicyclic) bond motifs is 4. The molecule has 1 unspecified atom stereocenters. The Bertz CT molecular complexity index is 2860. The molecule has 454 valence electrons. The number of phenols is 1. The lowest BCUT2D eigenvalue weighted by Crippen LogP contribution is -2.57. The monoisotopic (exact) mass is 1140 g/mol. The highest BCUT2D eigenvalue weighted by atomic mass is 16.5. The lowest BCUT2D eigenvalue weighted by Gasteiger charge is -2.55. The normalized spacial score (nSPS) is 31.8. The summed E-state index contributed by atoms with van der Waals surface area (Å²) in [6.07, 6.45) is 31.7. The van der Waals surface area contributed by atoms with E-state index in [4.69, 9.17) is 10.5 Å². The van der Waals surface area contributed by atoms with Crippen LogP contribution in [0.1, 0.15) is 150 Å². The summed E-state index contributed by atoms with van der Waals surface area (Å²) in [6.45, 7) is 6.28. The Morgan fingerprint density at radius 1 is 0.881 bits per heavy atom. The summed E-state index contributed by atoms with van der Waals surface area (Å²) in [5, 5.41) is 52.4. The molecule has 3 aromatic rings.